The highest BCUT2D eigenvalue weighted by Crippen LogP contribution is 2.20. The quantitative estimate of drug-likeness (QED) is 0.830. The molecule has 2 N–H and O–H groups in total. The molecule has 6 heteroatoms. The van der Waals surface area contributed by atoms with E-state index in [1.165, 1.54) is 16.8 Å². The Morgan fingerprint density at radius 1 is 1.59 bits per heavy atom. The Bertz CT molecular complexity index is 400. The van der Waals surface area contributed by atoms with E-state index < -0.39 is 13.0 Å². The third-order valence-electron chi connectivity index (χ3n) is 2.85. The molecule has 0 aromatic carbocycles. The molecular weight excluding hydrogens is 230 g/mol. The van der Waals surface area contributed by atoms with Gasteiger partial charge in [0.25, 0.3) is 12.3 Å². The molecule has 0 unspecified atom stereocenters. The molecular formula is C11H14F2N2O2. The second-order valence-corrected chi connectivity index (χ2v) is 4.23. The lowest BCUT2D eigenvalue weighted by molar-refractivity contribution is 0.0557. The standard InChI is InChI=1S/C11H14F2N2O2/c12-10(13)6-15-3-1-2-9(15)11(17)14-7-4-8(16)5-7/h1-3,7-8,10,16H,4-6H2,(H,14,17). The van der Waals surface area contributed by atoms with Crippen LogP contribution in [0.2, 0.25) is 0 Å². The third-order valence-corrected chi connectivity index (χ3v) is 2.85. The summed E-state index contributed by atoms with van der Waals surface area (Å²) in [5.41, 5.74) is 0.228. The largest absolute Gasteiger partial charge is 0.393 e. The number of nitrogens with zero attached hydrogens (tertiary/aromatic N) is 1. The van der Waals surface area contributed by atoms with Crippen molar-refractivity contribution in [2.45, 2.75) is 38.0 Å². The zero-order valence-electron chi connectivity index (χ0n) is 9.14. The van der Waals surface area contributed by atoms with Crippen LogP contribution in [0, 0.1) is 0 Å². The van der Waals surface area contributed by atoms with E-state index in [4.69, 9.17) is 5.11 Å². The summed E-state index contributed by atoms with van der Waals surface area (Å²) in [6, 6.07) is 3.02. The van der Waals surface area contributed by atoms with E-state index in [0.29, 0.717) is 12.8 Å². The minimum Gasteiger partial charge on any atom is -0.393 e. The van der Waals surface area contributed by atoms with E-state index in [0.717, 1.165) is 0 Å². The van der Waals surface area contributed by atoms with Gasteiger partial charge in [-0.05, 0) is 25.0 Å². The van der Waals surface area contributed by atoms with Crippen molar-refractivity contribution < 1.29 is 18.7 Å². The van der Waals surface area contributed by atoms with Crippen molar-refractivity contribution in [1.29, 1.82) is 0 Å². The molecule has 0 atom stereocenters. The van der Waals surface area contributed by atoms with Gasteiger partial charge >= 0.3 is 0 Å². The predicted molar refractivity (Wildman–Crippen MR) is 56.9 cm³/mol. The lowest BCUT2D eigenvalue weighted by Crippen LogP contribution is -2.47. The first-order chi connectivity index (χ1) is 8.06. The molecule has 4 nitrogen and oxygen atoms in total. The molecule has 1 saturated carbocycles. The van der Waals surface area contributed by atoms with Gasteiger partial charge < -0.3 is 15.0 Å². The van der Waals surface area contributed by atoms with Gasteiger partial charge in [-0.25, -0.2) is 8.78 Å². The molecule has 1 aliphatic rings. The monoisotopic (exact) mass is 244 g/mol. The molecule has 0 spiro atoms. The summed E-state index contributed by atoms with van der Waals surface area (Å²) in [5.74, 6) is -0.368. The van der Waals surface area contributed by atoms with Gasteiger partial charge in [-0.3, -0.25) is 4.79 Å². The molecule has 1 heterocycles. The molecule has 0 bridgehead atoms. The normalized spacial score (nSPS) is 23.5. The number of carbonyl (C=O) groups is 1. The van der Waals surface area contributed by atoms with Gasteiger partial charge in [0.15, 0.2) is 0 Å². The number of aliphatic hydroxyl groups is 1. The zero-order valence-corrected chi connectivity index (χ0v) is 9.14. The maximum Gasteiger partial charge on any atom is 0.268 e. The molecule has 94 valence electrons. The fourth-order valence-corrected chi connectivity index (χ4v) is 1.89. The van der Waals surface area contributed by atoms with Crippen molar-refractivity contribution in [1.82, 2.24) is 9.88 Å². The first-order valence-corrected chi connectivity index (χ1v) is 5.48. The number of carbonyl (C=O) groups excluding carboxylic acids is 1. The van der Waals surface area contributed by atoms with Crippen LogP contribution in [-0.4, -0.2) is 34.2 Å². The van der Waals surface area contributed by atoms with Crippen LogP contribution < -0.4 is 5.32 Å². The second-order valence-electron chi connectivity index (χ2n) is 4.23. The van der Waals surface area contributed by atoms with E-state index >= 15 is 0 Å². The first-order valence-electron chi connectivity index (χ1n) is 5.48. The average molecular weight is 244 g/mol. The smallest absolute Gasteiger partial charge is 0.268 e. The summed E-state index contributed by atoms with van der Waals surface area (Å²) in [4.78, 5) is 11.8. The predicted octanol–water partition coefficient (Wildman–Crippen LogP) is 1.01. The summed E-state index contributed by atoms with van der Waals surface area (Å²) in [7, 11) is 0. The van der Waals surface area contributed by atoms with Crippen LogP contribution in [0.5, 0.6) is 0 Å². The number of alkyl halides is 2. The van der Waals surface area contributed by atoms with E-state index in [2.05, 4.69) is 5.32 Å². The summed E-state index contributed by atoms with van der Waals surface area (Å²) in [5, 5.41) is 11.8. The van der Waals surface area contributed by atoms with Gasteiger partial charge in [-0.15, -0.1) is 0 Å². The van der Waals surface area contributed by atoms with Gasteiger partial charge in [0.1, 0.15) is 5.69 Å². The number of nitrogens with one attached hydrogen (secondary N) is 1. The highest BCUT2D eigenvalue weighted by molar-refractivity contribution is 5.93. The number of hydrogen-bond acceptors (Lipinski definition) is 2. The van der Waals surface area contributed by atoms with Crippen LogP contribution >= 0.6 is 0 Å². The van der Waals surface area contributed by atoms with Crippen molar-refractivity contribution in [3.05, 3.63) is 24.0 Å². The molecule has 1 fully saturated rings. The molecule has 1 aromatic heterocycles. The molecule has 0 radical (unpaired) electrons. The molecule has 1 amide bonds. The van der Waals surface area contributed by atoms with Crippen molar-refractivity contribution in [2.75, 3.05) is 0 Å². The zero-order chi connectivity index (χ0) is 12.4. The second kappa shape index (κ2) is 4.83. The minimum absolute atomic E-state index is 0.0487. The van der Waals surface area contributed by atoms with Crippen LogP contribution in [0.3, 0.4) is 0 Å². The minimum atomic E-state index is -2.49. The first kappa shape index (κ1) is 12.0. The van der Waals surface area contributed by atoms with Crippen LogP contribution in [0.25, 0.3) is 0 Å². The Kier molecular flexibility index (Phi) is 3.42. The number of hydrogen-bond donors (Lipinski definition) is 2. The van der Waals surface area contributed by atoms with E-state index in [1.807, 2.05) is 0 Å². The van der Waals surface area contributed by atoms with Crippen molar-refractivity contribution >= 4 is 5.91 Å². The van der Waals surface area contributed by atoms with Crippen molar-refractivity contribution in [2.24, 2.45) is 0 Å². The van der Waals surface area contributed by atoms with Crippen LogP contribution in [0.4, 0.5) is 8.78 Å². The van der Waals surface area contributed by atoms with Crippen molar-refractivity contribution in [3.8, 4) is 0 Å². The number of amides is 1. The van der Waals surface area contributed by atoms with Crippen LogP contribution in [0.15, 0.2) is 18.3 Å². The molecule has 1 aromatic rings. The van der Waals surface area contributed by atoms with E-state index in [9.17, 15) is 13.6 Å². The van der Waals surface area contributed by atoms with Gasteiger partial charge in [-0.1, -0.05) is 0 Å². The SMILES string of the molecule is O=C(NC1CC(O)C1)c1cccn1CC(F)F. The third kappa shape index (κ3) is 2.82. The highest BCUT2D eigenvalue weighted by atomic mass is 19.3. The average Bonchev–Trinajstić information content (AvgIpc) is 2.62. The maximum absolute atomic E-state index is 12.2. The van der Waals surface area contributed by atoms with Crippen LogP contribution in [0.1, 0.15) is 23.3 Å². The van der Waals surface area contributed by atoms with Gasteiger partial charge in [-0.2, -0.15) is 0 Å². The fourth-order valence-electron chi connectivity index (χ4n) is 1.89. The van der Waals surface area contributed by atoms with E-state index in [1.54, 1.807) is 6.07 Å². The Balaban J connectivity index is 1.96. The highest BCUT2D eigenvalue weighted by Gasteiger charge is 2.29. The fraction of sp³-hybridized carbons (Fsp3) is 0.545. The van der Waals surface area contributed by atoms with Gasteiger partial charge in [0.2, 0.25) is 0 Å². The molecule has 1 aliphatic carbocycles. The van der Waals surface area contributed by atoms with Gasteiger partial charge in [0.05, 0.1) is 12.6 Å². The Labute approximate surface area is 97.2 Å². The Morgan fingerprint density at radius 2 is 2.29 bits per heavy atom. The number of rotatable bonds is 4. The number of aliphatic hydroxyl groups excluding tert-OH is 1. The Morgan fingerprint density at radius 3 is 2.88 bits per heavy atom. The Hall–Kier alpha value is -1.43. The summed E-state index contributed by atoms with van der Waals surface area (Å²) >= 11 is 0. The summed E-state index contributed by atoms with van der Waals surface area (Å²) in [6.45, 7) is -0.483. The number of aromatic nitrogens is 1. The summed E-state index contributed by atoms with van der Waals surface area (Å²) in [6.07, 6.45) is -0.327. The topological polar surface area (TPSA) is 54.3 Å². The number of halogens is 2. The van der Waals surface area contributed by atoms with E-state index in [-0.39, 0.29) is 23.7 Å². The summed E-state index contributed by atoms with van der Waals surface area (Å²) < 4.78 is 25.7. The lowest BCUT2D eigenvalue weighted by Gasteiger charge is -2.31. The lowest BCUT2D eigenvalue weighted by atomic mass is 9.89. The van der Waals surface area contributed by atoms with Crippen molar-refractivity contribution in [3.63, 3.8) is 0 Å². The molecule has 2 rings (SSSR count). The van der Waals surface area contributed by atoms with Crippen LogP contribution in [-0.2, 0) is 6.54 Å². The van der Waals surface area contributed by atoms with Gasteiger partial charge in [0, 0.05) is 12.2 Å². The molecule has 0 saturated heterocycles. The molecule has 0 aliphatic heterocycles. The maximum atomic E-state index is 12.2. The molecule has 17 heavy (non-hydrogen) atoms.